The maximum Gasteiger partial charge on any atom is 0.338 e. The molecule has 0 spiro atoms. The highest BCUT2D eigenvalue weighted by Gasteiger charge is 2.04. The van der Waals surface area contributed by atoms with Gasteiger partial charge < -0.3 is 14.2 Å². The van der Waals surface area contributed by atoms with Gasteiger partial charge in [0, 0.05) is 6.61 Å². The van der Waals surface area contributed by atoms with Gasteiger partial charge >= 0.3 is 5.97 Å². The monoisotopic (exact) mass is 237 g/mol. The molecule has 1 aromatic carbocycles. The second kappa shape index (κ2) is 8.73. The normalized spacial score (nSPS) is 10.2. The van der Waals surface area contributed by atoms with E-state index in [0.29, 0.717) is 32.0 Å². The van der Waals surface area contributed by atoms with Crippen LogP contribution in [0, 0.1) is 6.07 Å². The van der Waals surface area contributed by atoms with Crippen molar-refractivity contribution < 1.29 is 19.0 Å². The molecule has 0 amide bonds. The Balaban J connectivity index is 2.05. The van der Waals surface area contributed by atoms with Crippen LogP contribution in [0.3, 0.4) is 0 Å². The number of carbonyl (C=O) groups excluding carboxylic acids is 1. The van der Waals surface area contributed by atoms with Gasteiger partial charge in [0.2, 0.25) is 0 Å². The topological polar surface area (TPSA) is 44.8 Å². The zero-order valence-corrected chi connectivity index (χ0v) is 9.98. The summed E-state index contributed by atoms with van der Waals surface area (Å²) < 4.78 is 15.3. The quantitative estimate of drug-likeness (QED) is 0.510. The Morgan fingerprint density at radius 3 is 2.71 bits per heavy atom. The van der Waals surface area contributed by atoms with Crippen molar-refractivity contribution in [2.75, 3.05) is 33.0 Å². The molecule has 0 atom stereocenters. The molecule has 0 aromatic heterocycles. The molecule has 0 aliphatic heterocycles. The van der Waals surface area contributed by atoms with Gasteiger partial charge in [0.1, 0.15) is 6.61 Å². The first kappa shape index (κ1) is 13.7. The minimum atomic E-state index is -0.352. The van der Waals surface area contributed by atoms with Gasteiger partial charge in [0.25, 0.3) is 0 Å². The molecule has 0 N–H and O–H groups in total. The molecule has 0 heterocycles. The van der Waals surface area contributed by atoms with Crippen molar-refractivity contribution in [2.24, 2.45) is 0 Å². The Morgan fingerprint density at radius 1 is 1.24 bits per heavy atom. The summed E-state index contributed by atoms with van der Waals surface area (Å²) >= 11 is 0. The van der Waals surface area contributed by atoms with Crippen LogP contribution in [0.4, 0.5) is 0 Å². The highest BCUT2D eigenvalue weighted by molar-refractivity contribution is 5.89. The summed E-state index contributed by atoms with van der Waals surface area (Å²) in [6.45, 7) is 4.33. The number of rotatable bonds is 8. The number of hydrogen-bond donors (Lipinski definition) is 0. The zero-order chi connectivity index (χ0) is 12.3. The third kappa shape index (κ3) is 6.04. The first-order valence-electron chi connectivity index (χ1n) is 5.63. The van der Waals surface area contributed by atoms with Crippen molar-refractivity contribution in [1.29, 1.82) is 0 Å². The number of carbonyl (C=O) groups is 1. The van der Waals surface area contributed by atoms with E-state index in [9.17, 15) is 4.79 Å². The molecule has 1 aromatic rings. The van der Waals surface area contributed by atoms with Crippen LogP contribution >= 0.6 is 0 Å². The molecule has 4 heteroatoms. The van der Waals surface area contributed by atoms with Crippen LogP contribution in [0.5, 0.6) is 0 Å². The Hall–Kier alpha value is -1.39. The molecule has 0 saturated heterocycles. The van der Waals surface area contributed by atoms with Crippen molar-refractivity contribution in [3.8, 4) is 0 Å². The predicted octanol–water partition coefficient (Wildman–Crippen LogP) is 1.70. The van der Waals surface area contributed by atoms with Crippen molar-refractivity contribution >= 4 is 5.97 Å². The maximum absolute atomic E-state index is 11.5. The fourth-order valence-corrected chi connectivity index (χ4v) is 1.16. The average Bonchev–Trinajstić information content (AvgIpc) is 2.38. The lowest BCUT2D eigenvalue weighted by atomic mass is 10.2. The molecule has 0 saturated carbocycles. The third-order valence-electron chi connectivity index (χ3n) is 1.98. The van der Waals surface area contributed by atoms with Gasteiger partial charge in [0.05, 0.1) is 25.4 Å². The molecular weight excluding hydrogens is 220 g/mol. The fourth-order valence-electron chi connectivity index (χ4n) is 1.16. The van der Waals surface area contributed by atoms with E-state index in [-0.39, 0.29) is 12.6 Å². The largest absolute Gasteiger partial charge is 0.460 e. The van der Waals surface area contributed by atoms with E-state index < -0.39 is 0 Å². The van der Waals surface area contributed by atoms with Gasteiger partial charge in [0.15, 0.2) is 0 Å². The van der Waals surface area contributed by atoms with Crippen molar-refractivity contribution in [3.05, 3.63) is 35.9 Å². The summed E-state index contributed by atoms with van der Waals surface area (Å²) in [7, 11) is 0. The molecule has 17 heavy (non-hydrogen) atoms. The number of hydrogen-bond acceptors (Lipinski definition) is 4. The first-order chi connectivity index (χ1) is 8.34. The first-order valence-corrected chi connectivity index (χ1v) is 5.63. The minimum Gasteiger partial charge on any atom is -0.460 e. The SMILES string of the molecule is CCOCCOCCOC(=O)c1c[c]ccc1. The molecule has 93 valence electrons. The summed E-state index contributed by atoms with van der Waals surface area (Å²) in [6.07, 6.45) is 0. The van der Waals surface area contributed by atoms with E-state index in [4.69, 9.17) is 14.2 Å². The summed E-state index contributed by atoms with van der Waals surface area (Å²) in [6, 6.07) is 9.58. The molecule has 0 aliphatic carbocycles. The fraction of sp³-hybridized carbons (Fsp3) is 0.462. The highest BCUT2D eigenvalue weighted by atomic mass is 16.6. The van der Waals surface area contributed by atoms with Gasteiger partial charge in [-0.05, 0) is 25.1 Å². The van der Waals surface area contributed by atoms with Gasteiger partial charge in [-0.1, -0.05) is 12.1 Å². The average molecular weight is 237 g/mol. The number of benzene rings is 1. The van der Waals surface area contributed by atoms with Crippen LogP contribution < -0.4 is 0 Å². The van der Waals surface area contributed by atoms with Crippen LogP contribution in [0.1, 0.15) is 17.3 Å². The number of ether oxygens (including phenoxy) is 3. The van der Waals surface area contributed by atoms with E-state index in [1.54, 1.807) is 24.3 Å². The van der Waals surface area contributed by atoms with Crippen LogP contribution in [-0.2, 0) is 14.2 Å². The van der Waals surface area contributed by atoms with Crippen molar-refractivity contribution in [2.45, 2.75) is 6.92 Å². The van der Waals surface area contributed by atoms with Crippen molar-refractivity contribution in [3.63, 3.8) is 0 Å². The molecule has 0 aliphatic rings. The van der Waals surface area contributed by atoms with Gasteiger partial charge in [-0.3, -0.25) is 0 Å². The smallest absolute Gasteiger partial charge is 0.338 e. The van der Waals surface area contributed by atoms with Crippen LogP contribution in [0.15, 0.2) is 24.3 Å². The third-order valence-corrected chi connectivity index (χ3v) is 1.98. The molecule has 0 bridgehead atoms. The molecule has 1 radical (unpaired) electrons. The van der Waals surface area contributed by atoms with Gasteiger partial charge in [-0.15, -0.1) is 0 Å². The van der Waals surface area contributed by atoms with E-state index in [2.05, 4.69) is 6.07 Å². The van der Waals surface area contributed by atoms with Crippen LogP contribution in [-0.4, -0.2) is 39.0 Å². The van der Waals surface area contributed by atoms with E-state index in [0.717, 1.165) is 0 Å². The molecule has 4 nitrogen and oxygen atoms in total. The van der Waals surface area contributed by atoms with Gasteiger partial charge in [-0.25, -0.2) is 4.79 Å². The van der Waals surface area contributed by atoms with E-state index in [1.165, 1.54) is 0 Å². The minimum absolute atomic E-state index is 0.250. The van der Waals surface area contributed by atoms with E-state index >= 15 is 0 Å². The summed E-state index contributed by atoms with van der Waals surface area (Å²) in [5.74, 6) is -0.352. The Kier molecular flexibility index (Phi) is 7.02. The molecule has 0 unspecified atom stereocenters. The summed E-state index contributed by atoms with van der Waals surface area (Å²) in [4.78, 5) is 11.5. The molecule has 0 fully saturated rings. The zero-order valence-electron chi connectivity index (χ0n) is 9.98. The molecular formula is C13H17O4. The highest BCUT2D eigenvalue weighted by Crippen LogP contribution is 2.00. The second-order valence-corrected chi connectivity index (χ2v) is 3.24. The standard InChI is InChI=1S/C13H17O4/c1-2-15-8-9-16-10-11-17-13(14)12-6-4-3-5-7-12/h3-4,6-7H,2,8-11H2,1H3. The van der Waals surface area contributed by atoms with E-state index in [1.807, 2.05) is 6.92 Å². The summed E-state index contributed by atoms with van der Waals surface area (Å²) in [5, 5.41) is 0. The maximum atomic E-state index is 11.5. The van der Waals surface area contributed by atoms with Gasteiger partial charge in [-0.2, -0.15) is 0 Å². The van der Waals surface area contributed by atoms with Crippen LogP contribution in [0.2, 0.25) is 0 Å². The lowest BCUT2D eigenvalue weighted by molar-refractivity contribution is 0.0164. The molecule has 1 rings (SSSR count). The Bertz CT molecular complexity index is 310. The lowest BCUT2D eigenvalue weighted by Gasteiger charge is -2.06. The second-order valence-electron chi connectivity index (χ2n) is 3.24. The number of esters is 1. The summed E-state index contributed by atoms with van der Waals surface area (Å²) in [5.41, 5.74) is 0.502. The predicted molar refractivity (Wildman–Crippen MR) is 62.9 cm³/mol. The van der Waals surface area contributed by atoms with Crippen molar-refractivity contribution in [1.82, 2.24) is 0 Å². The Labute approximate surface area is 101 Å². The lowest BCUT2D eigenvalue weighted by Crippen LogP contribution is -2.12. The Morgan fingerprint density at radius 2 is 2.00 bits per heavy atom. The van der Waals surface area contributed by atoms with Crippen LogP contribution in [0.25, 0.3) is 0 Å².